The topological polar surface area (TPSA) is 0 Å². The molecule has 0 aromatic heterocycles. The molecule has 1 aromatic rings. The molecule has 2 rings (SSSR count). The summed E-state index contributed by atoms with van der Waals surface area (Å²) in [6, 6.07) is 9.45. The first-order chi connectivity index (χ1) is 7.57. The summed E-state index contributed by atoms with van der Waals surface area (Å²) in [7, 11) is 0.185. The Morgan fingerprint density at radius 2 is 1.44 bits per heavy atom. The van der Waals surface area contributed by atoms with Gasteiger partial charge in [-0.2, -0.15) is 0 Å². The van der Waals surface area contributed by atoms with Gasteiger partial charge in [-0.3, -0.25) is 0 Å². The smallest absolute Gasteiger partial charge is 0.0125 e. The molecule has 0 spiro atoms. The van der Waals surface area contributed by atoms with Crippen molar-refractivity contribution in [2.75, 3.05) is 11.5 Å². The van der Waals surface area contributed by atoms with E-state index >= 15 is 0 Å². The Hall–Kier alpha value is -0.430. The molecule has 0 atom stereocenters. The second kappa shape index (κ2) is 4.83. The van der Waals surface area contributed by atoms with Crippen LogP contribution in [0, 0.1) is 0 Å². The van der Waals surface area contributed by atoms with Crippen molar-refractivity contribution in [2.24, 2.45) is 0 Å². The summed E-state index contributed by atoms with van der Waals surface area (Å²) in [6.07, 6.45) is 4.36. The van der Waals surface area contributed by atoms with Crippen molar-refractivity contribution < 1.29 is 0 Å². The van der Waals surface area contributed by atoms with Gasteiger partial charge in [0.1, 0.15) is 0 Å². The lowest BCUT2D eigenvalue weighted by Crippen LogP contribution is -2.11. The standard InChI is InChI=1S/C15H24S/c1-15(2,3)13-7-9-14(10-8-13)16-11-5-4-6-12-16/h7-10,16H,4-6,11-12H2,1-3H3. The van der Waals surface area contributed by atoms with Crippen LogP contribution in [0.3, 0.4) is 0 Å². The Bertz CT molecular complexity index is 325. The lowest BCUT2D eigenvalue weighted by Gasteiger charge is -2.27. The molecule has 0 unspecified atom stereocenters. The van der Waals surface area contributed by atoms with Gasteiger partial charge < -0.3 is 0 Å². The lowest BCUT2D eigenvalue weighted by molar-refractivity contribution is 0.589. The molecule has 1 saturated heterocycles. The SMILES string of the molecule is CC(C)(C)c1ccc([SH]2CCCCC2)cc1. The Morgan fingerprint density at radius 3 is 1.94 bits per heavy atom. The average Bonchev–Trinajstić information content (AvgIpc) is 2.29. The summed E-state index contributed by atoms with van der Waals surface area (Å²) in [6.45, 7) is 6.86. The van der Waals surface area contributed by atoms with Crippen molar-refractivity contribution in [1.82, 2.24) is 0 Å². The van der Waals surface area contributed by atoms with Crippen LogP contribution < -0.4 is 0 Å². The number of thiol groups is 1. The number of hydrogen-bond donors (Lipinski definition) is 1. The van der Waals surface area contributed by atoms with E-state index in [-0.39, 0.29) is 10.9 Å². The summed E-state index contributed by atoms with van der Waals surface area (Å²) in [5.74, 6) is 2.92. The molecule has 16 heavy (non-hydrogen) atoms. The second-order valence-corrected chi connectivity index (χ2v) is 8.34. The first-order valence-corrected chi connectivity index (χ1v) is 8.14. The molecule has 90 valence electrons. The summed E-state index contributed by atoms with van der Waals surface area (Å²) < 4.78 is 0. The molecule has 1 aliphatic rings. The van der Waals surface area contributed by atoms with Crippen LogP contribution in [0.15, 0.2) is 29.2 Å². The molecular weight excluding hydrogens is 212 g/mol. The number of rotatable bonds is 1. The minimum Gasteiger partial charge on any atom is -0.227 e. The molecule has 0 amide bonds. The predicted molar refractivity (Wildman–Crippen MR) is 76.0 cm³/mol. The van der Waals surface area contributed by atoms with Crippen LogP contribution in [-0.2, 0) is 5.41 Å². The zero-order valence-corrected chi connectivity index (χ0v) is 11.7. The molecule has 0 radical (unpaired) electrons. The van der Waals surface area contributed by atoms with Gasteiger partial charge >= 0.3 is 0 Å². The summed E-state index contributed by atoms with van der Waals surface area (Å²) in [5, 5.41) is 0. The van der Waals surface area contributed by atoms with Crippen molar-refractivity contribution in [3.63, 3.8) is 0 Å². The van der Waals surface area contributed by atoms with Gasteiger partial charge in [0.25, 0.3) is 0 Å². The fourth-order valence-electron chi connectivity index (χ4n) is 2.32. The summed E-state index contributed by atoms with van der Waals surface area (Å²) >= 11 is 0. The van der Waals surface area contributed by atoms with Gasteiger partial charge in [0.15, 0.2) is 0 Å². The van der Waals surface area contributed by atoms with Gasteiger partial charge in [0.2, 0.25) is 0 Å². The van der Waals surface area contributed by atoms with Crippen molar-refractivity contribution in [2.45, 2.75) is 50.3 Å². The largest absolute Gasteiger partial charge is 0.227 e. The van der Waals surface area contributed by atoms with E-state index in [1.54, 1.807) is 4.90 Å². The van der Waals surface area contributed by atoms with Crippen molar-refractivity contribution in [3.05, 3.63) is 29.8 Å². The van der Waals surface area contributed by atoms with E-state index in [1.165, 1.54) is 36.3 Å². The molecule has 0 bridgehead atoms. The fraction of sp³-hybridized carbons (Fsp3) is 0.600. The van der Waals surface area contributed by atoms with E-state index in [1.807, 2.05) is 0 Å². The zero-order chi connectivity index (χ0) is 11.6. The molecule has 0 aliphatic carbocycles. The summed E-state index contributed by atoms with van der Waals surface area (Å²) in [5.41, 5.74) is 1.75. The highest BCUT2D eigenvalue weighted by Gasteiger charge is 2.15. The van der Waals surface area contributed by atoms with Crippen LogP contribution in [0.5, 0.6) is 0 Å². The minimum absolute atomic E-state index is 0.185. The van der Waals surface area contributed by atoms with Crippen LogP contribution in [0.2, 0.25) is 0 Å². The van der Waals surface area contributed by atoms with Crippen molar-refractivity contribution >= 4 is 10.9 Å². The van der Waals surface area contributed by atoms with Crippen LogP contribution >= 0.6 is 10.9 Å². The minimum atomic E-state index is 0.185. The lowest BCUT2D eigenvalue weighted by atomic mass is 9.87. The number of hydrogen-bond acceptors (Lipinski definition) is 0. The molecule has 1 fully saturated rings. The van der Waals surface area contributed by atoms with Crippen LogP contribution in [0.25, 0.3) is 0 Å². The first-order valence-electron chi connectivity index (χ1n) is 6.43. The van der Waals surface area contributed by atoms with E-state index in [0.29, 0.717) is 5.41 Å². The van der Waals surface area contributed by atoms with E-state index in [4.69, 9.17) is 0 Å². The Labute approximate surface area is 103 Å². The van der Waals surface area contributed by atoms with E-state index in [9.17, 15) is 0 Å². The van der Waals surface area contributed by atoms with Gasteiger partial charge in [-0.15, -0.1) is 0 Å². The quantitative estimate of drug-likeness (QED) is 0.681. The Kier molecular flexibility index (Phi) is 3.63. The molecule has 1 heteroatoms. The molecule has 1 aromatic carbocycles. The second-order valence-electron chi connectivity index (χ2n) is 5.84. The van der Waals surface area contributed by atoms with Crippen molar-refractivity contribution in [3.8, 4) is 0 Å². The van der Waals surface area contributed by atoms with Gasteiger partial charge in [-0.05, 0) is 40.2 Å². The highest BCUT2D eigenvalue weighted by molar-refractivity contribution is 8.17. The maximum atomic E-state index is 2.39. The van der Waals surface area contributed by atoms with E-state index < -0.39 is 0 Å². The monoisotopic (exact) mass is 236 g/mol. The third kappa shape index (κ3) is 2.82. The summed E-state index contributed by atoms with van der Waals surface area (Å²) in [4.78, 5) is 1.63. The van der Waals surface area contributed by atoms with Crippen LogP contribution in [-0.4, -0.2) is 11.5 Å². The van der Waals surface area contributed by atoms with Gasteiger partial charge in [0.05, 0.1) is 0 Å². The zero-order valence-electron chi connectivity index (χ0n) is 10.8. The highest BCUT2D eigenvalue weighted by Crippen LogP contribution is 2.41. The van der Waals surface area contributed by atoms with Gasteiger partial charge in [-0.1, -0.05) is 51.5 Å². The third-order valence-corrected chi connectivity index (χ3v) is 6.20. The molecule has 0 saturated carbocycles. The first kappa shape index (κ1) is 12.0. The van der Waals surface area contributed by atoms with E-state index in [0.717, 1.165) is 0 Å². The molecule has 1 heterocycles. The van der Waals surface area contributed by atoms with Gasteiger partial charge in [0, 0.05) is 0 Å². The third-order valence-electron chi connectivity index (χ3n) is 3.45. The van der Waals surface area contributed by atoms with E-state index in [2.05, 4.69) is 45.0 Å². The van der Waals surface area contributed by atoms with Crippen LogP contribution in [0.4, 0.5) is 0 Å². The average molecular weight is 236 g/mol. The maximum absolute atomic E-state index is 2.39. The Balaban J connectivity index is 2.12. The maximum Gasteiger partial charge on any atom is -0.0125 e. The molecule has 0 nitrogen and oxygen atoms in total. The molecule has 1 aliphatic heterocycles. The molecule has 0 N–H and O–H groups in total. The van der Waals surface area contributed by atoms with Crippen molar-refractivity contribution in [1.29, 1.82) is 0 Å². The number of benzene rings is 1. The van der Waals surface area contributed by atoms with Gasteiger partial charge in [-0.25, -0.2) is 10.9 Å². The Morgan fingerprint density at radius 1 is 0.875 bits per heavy atom. The fourth-order valence-corrected chi connectivity index (χ4v) is 4.85. The molecular formula is C15H24S. The highest BCUT2D eigenvalue weighted by atomic mass is 32.2. The normalized spacial score (nSPS) is 19.8. The predicted octanol–water partition coefficient (Wildman–Crippen LogP) is 4.53. The van der Waals surface area contributed by atoms with Crippen LogP contribution in [0.1, 0.15) is 45.6 Å².